The Kier molecular flexibility index (Phi) is 4.40. The molecule has 0 bridgehead atoms. The summed E-state index contributed by atoms with van der Waals surface area (Å²) in [5, 5.41) is 0. The molecule has 78 valence electrons. The van der Waals surface area contributed by atoms with E-state index in [0.717, 1.165) is 6.54 Å². The third-order valence-corrected chi connectivity index (χ3v) is 1.65. The van der Waals surface area contributed by atoms with Gasteiger partial charge < -0.3 is 4.90 Å². The van der Waals surface area contributed by atoms with Gasteiger partial charge >= 0.3 is 0 Å². The highest BCUT2D eigenvalue weighted by Gasteiger charge is 2.15. The molecule has 0 fully saturated rings. The van der Waals surface area contributed by atoms with Crippen LogP contribution in [0, 0.1) is 5.41 Å². The summed E-state index contributed by atoms with van der Waals surface area (Å²) in [6, 6.07) is 0. The fourth-order valence-corrected chi connectivity index (χ4v) is 1.24. The van der Waals surface area contributed by atoms with Gasteiger partial charge in [-0.2, -0.15) is 0 Å². The highest BCUT2D eigenvalue weighted by atomic mass is 16.2. The first kappa shape index (κ1) is 12.4. The molecule has 0 aliphatic carbocycles. The number of nitrogens with zero attached hydrogens (tertiary/aromatic N) is 2. The third kappa shape index (κ3) is 6.58. The van der Waals surface area contributed by atoms with Gasteiger partial charge in [0.15, 0.2) is 0 Å². The van der Waals surface area contributed by atoms with Gasteiger partial charge in [-0.25, -0.2) is 0 Å². The molecule has 13 heavy (non-hydrogen) atoms. The summed E-state index contributed by atoms with van der Waals surface area (Å²) >= 11 is 0. The Bertz CT molecular complexity index is 170. The molecular weight excluding hydrogens is 164 g/mol. The zero-order valence-electron chi connectivity index (χ0n) is 9.72. The molecule has 0 aromatic rings. The average Bonchev–Trinajstić information content (AvgIpc) is 1.81. The van der Waals surface area contributed by atoms with Crippen LogP contribution in [-0.4, -0.2) is 49.9 Å². The largest absolute Gasteiger partial charge is 0.348 e. The van der Waals surface area contributed by atoms with E-state index >= 15 is 0 Å². The standard InChI is InChI=1S/C10H22N2O/c1-10(2,3)8-12(6)7-9(13)11(4)5/h7-8H2,1-6H3. The van der Waals surface area contributed by atoms with Crippen molar-refractivity contribution in [2.24, 2.45) is 5.41 Å². The zero-order valence-corrected chi connectivity index (χ0v) is 9.72. The monoisotopic (exact) mass is 186 g/mol. The van der Waals surface area contributed by atoms with Crippen LogP contribution in [0.1, 0.15) is 20.8 Å². The van der Waals surface area contributed by atoms with Gasteiger partial charge in [-0.1, -0.05) is 20.8 Å². The normalized spacial score (nSPS) is 11.9. The van der Waals surface area contributed by atoms with Crippen LogP contribution in [-0.2, 0) is 4.79 Å². The molecule has 0 saturated carbocycles. The van der Waals surface area contributed by atoms with Crippen molar-refractivity contribution < 1.29 is 4.79 Å². The summed E-state index contributed by atoms with van der Waals surface area (Å²) in [5.74, 6) is 0.159. The number of hydrogen-bond donors (Lipinski definition) is 0. The second kappa shape index (κ2) is 4.61. The fourth-order valence-electron chi connectivity index (χ4n) is 1.24. The van der Waals surface area contributed by atoms with Crippen molar-refractivity contribution in [1.29, 1.82) is 0 Å². The minimum absolute atomic E-state index is 0.159. The van der Waals surface area contributed by atoms with Gasteiger partial charge in [0.05, 0.1) is 6.54 Å². The highest BCUT2D eigenvalue weighted by Crippen LogP contribution is 2.13. The lowest BCUT2D eigenvalue weighted by molar-refractivity contribution is -0.129. The van der Waals surface area contributed by atoms with Gasteiger partial charge in [0.2, 0.25) is 5.91 Å². The van der Waals surface area contributed by atoms with E-state index in [4.69, 9.17) is 0 Å². The molecule has 0 heterocycles. The molecule has 0 atom stereocenters. The van der Waals surface area contributed by atoms with Crippen LogP contribution in [0.5, 0.6) is 0 Å². The molecule has 1 amide bonds. The summed E-state index contributed by atoms with van der Waals surface area (Å²) < 4.78 is 0. The van der Waals surface area contributed by atoms with Crippen molar-refractivity contribution in [3.05, 3.63) is 0 Å². The molecule has 0 spiro atoms. The smallest absolute Gasteiger partial charge is 0.236 e. The van der Waals surface area contributed by atoms with Crippen LogP contribution in [0.2, 0.25) is 0 Å². The molecule has 0 rings (SSSR count). The van der Waals surface area contributed by atoms with E-state index < -0.39 is 0 Å². The second-order valence-corrected chi connectivity index (χ2v) is 5.02. The Hall–Kier alpha value is -0.570. The summed E-state index contributed by atoms with van der Waals surface area (Å²) in [7, 11) is 5.55. The number of hydrogen-bond acceptors (Lipinski definition) is 2. The number of likely N-dealkylation sites (N-methyl/N-ethyl adjacent to an activating group) is 2. The minimum atomic E-state index is 0.159. The van der Waals surface area contributed by atoms with E-state index in [9.17, 15) is 4.79 Å². The van der Waals surface area contributed by atoms with Crippen molar-refractivity contribution in [2.45, 2.75) is 20.8 Å². The van der Waals surface area contributed by atoms with Crippen LogP contribution in [0.25, 0.3) is 0 Å². The van der Waals surface area contributed by atoms with Crippen molar-refractivity contribution >= 4 is 5.91 Å². The van der Waals surface area contributed by atoms with Crippen LogP contribution in [0.15, 0.2) is 0 Å². The fraction of sp³-hybridized carbons (Fsp3) is 0.900. The van der Waals surface area contributed by atoms with Crippen LogP contribution < -0.4 is 0 Å². The number of amides is 1. The lowest BCUT2D eigenvalue weighted by atomic mass is 9.96. The summed E-state index contributed by atoms with van der Waals surface area (Å²) in [4.78, 5) is 15.0. The number of rotatable bonds is 3. The molecule has 0 unspecified atom stereocenters. The van der Waals surface area contributed by atoms with Gasteiger partial charge in [-0.15, -0.1) is 0 Å². The highest BCUT2D eigenvalue weighted by molar-refractivity contribution is 5.77. The molecular formula is C10H22N2O. The maximum absolute atomic E-state index is 11.3. The van der Waals surface area contributed by atoms with E-state index in [-0.39, 0.29) is 11.3 Å². The summed E-state index contributed by atoms with van der Waals surface area (Å²) in [6.07, 6.45) is 0. The number of carbonyl (C=O) groups is 1. The lowest BCUT2D eigenvalue weighted by Crippen LogP contribution is -2.38. The van der Waals surface area contributed by atoms with Crippen molar-refractivity contribution in [3.63, 3.8) is 0 Å². The second-order valence-electron chi connectivity index (χ2n) is 5.02. The minimum Gasteiger partial charge on any atom is -0.348 e. The molecule has 0 radical (unpaired) electrons. The topological polar surface area (TPSA) is 23.6 Å². The summed E-state index contributed by atoms with van der Waals surface area (Å²) in [6.45, 7) is 7.95. The lowest BCUT2D eigenvalue weighted by Gasteiger charge is -2.26. The Morgan fingerprint density at radius 2 is 1.62 bits per heavy atom. The third-order valence-electron chi connectivity index (χ3n) is 1.65. The molecule has 3 heteroatoms. The van der Waals surface area contributed by atoms with Crippen LogP contribution >= 0.6 is 0 Å². The Labute approximate surface area is 81.7 Å². The average molecular weight is 186 g/mol. The van der Waals surface area contributed by atoms with E-state index in [1.165, 1.54) is 0 Å². The first-order valence-corrected chi connectivity index (χ1v) is 4.61. The summed E-state index contributed by atoms with van der Waals surface area (Å²) in [5.41, 5.74) is 0.251. The van der Waals surface area contributed by atoms with Gasteiger partial charge in [0.1, 0.15) is 0 Å². The molecule has 0 aliphatic rings. The van der Waals surface area contributed by atoms with E-state index in [1.54, 1.807) is 19.0 Å². The molecule has 0 aromatic carbocycles. The van der Waals surface area contributed by atoms with Gasteiger partial charge in [-0.05, 0) is 12.5 Å². The zero-order chi connectivity index (χ0) is 10.6. The Morgan fingerprint density at radius 3 is 1.92 bits per heavy atom. The molecule has 3 nitrogen and oxygen atoms in total. The number of carbonyl (C=O) groups excluding carboxylic acids is 1. The Balaban J connectivity index is 3.88. The van der Waals surface area contributed by atoms with Crippen LogP contribution in [0.4, 0.5) is 0 Å². The first-order valence-electron chi connectivity index (χ1n) is 4.61. The van der Waals surface area contributed by atoms with E-state index in [0.29, 0.717) is 6.54 Å². The maximum atomic E-state index is 11.3. The SMILES string of the molecule is CN(CC(=O)N(C)C)CC(C)(C)C. The first-order chi connectivity index (χ1) is 5.72. The predicted octanol–water partition coefficient (Wildman–Crippen LogP) is 1.05. The van der Waals surface area contributed by atoms with Gasteiger partial charge in [0.25, 0.3) is 0 Å². The quantitative estimate of drug-likeness (QED) is 0.658. The maximum Gasteiger partial charge on any atom is 0.236 e. The van der Waals surface area contributed by atoms with Gasteiger partial charge in [-0.3, -0.25) is 9.69 Å². The van der Waals surface area contributed by atoms with Crippen molar-refractivity contribution in [3.8, 4) is 0 Å². The van der Waals surface area contributed by atoms with E-state index in [2.05, 4.69) is 25.7 Å². The Morgan fingerprint density at radius 1 is 1.15 bits per heavy atom. The molecule has 0 aliphatic heterocycles. The van der Waals surface area contributed by atoms with Gasteiger partial charge in [0, 0.05) is 20.6 Å². The molecule has 0 saturated heterocycles. The van der Waals surface area contributed by atoms with Crippen LogP contribution in [0.3, 0.4) is 0 Å². The van der Waals surface area contributed by atoms with Crippen molar-refractivity contribution in [1.82, 2.24) is 9.80 Å². The molecule has 0 aromatic heterocycles. The predicted molar refractivity (Wildman–Crippen MR) is 55.6 cm³/mol. The molecule has 0 N–H and O–H groups in total. The van der Waals surface area contributed by atoms with E-state index in [1.807, 2.05) is 7.05 Å². The van der Waals surface area contributed by atoms with Crippen molar-refractivity contribution in [2.75, 3.05) is 34.2 Å².